The lowest BCUT2D eigenvalue weighted by Crippen LogP contribution is -2.57. The summed E-state index contributed by atoms with van der Waals surface area (Å²) in [6, 6.07) is 9.81. The van der Waals surface area contributed by atoms with E-state index >= 15 is 0 Å². The molecule has 1 heterocycles. The molecule has 10 nitrogen and oxygen atoms in total. The van der Waals surface area contributed by atoms with Crippen molar-refractivity contribution in [2.24, 2.45) is 5.41 Å². The maximum atomic E-state index is 13.2. The Morgan fingerprint density at radius 3 is 2.36 bits per heavy atom. The Morgan fingerprint density at radius 1 is 1.04 bits per heavy atom. The van der Waals surface area contributed by atoms with Gasteiger partial charge in [0.1, 0.15) is 23.5 Å². The molecule has 0 aromatic heterocycles. The predicted molar refractivity (Wildman–Crippen MR) is 184 cm³/mol. The monoisotopic (exact) mass is 653 g/mol. The Bertz CT molecular complexity index is 1420. The highest BCUT2D eigenvalue weighted by molar-refractivity contribution is 5.93. The van der Waals surface area contributed by atoms with Gasteiger partial charge >= 0.3 is 0 Å². The number of benzene rings is 2. The molecule has 0 radical (unpaired) electrons. The number of likely N-dealkylation sites (N-methyl/N-ethyl adjacent to an activating group) is 1. The molecule has 6 N–H and O–H groups in total. The molecule has 3 rings (SSSR count). The van der Waals surface area contributed by atoms with E-state index in [1.165, 1.54) is 0 Å². The van der Waals surface area contributed by atoms with Crippen LogP contribution in [0.4, 0.5) is 0 Å². The number of nitrogens with zero attached hydrogens (tertiary/aromatic N) is 1. The highest BCUT2D eigenvalue weighted by Gasteiger charge is 2.38. The zero-order valence-electron chi connectivity index (χ0n) is 29.3. The minimum atomic E-state index is -1.19. The van der Waals surface area contributed by atoms with Gasteiger partial charge in [-0.15, -0.1) is 0 Å². The van der Waals surface area contributed by atoms with E-state index in [2.05, 4.69) is 29.7 Å². The minimum Gasteiger partial charge on any atom is -0.508 e. The number of aromatic hydroxyl groups is 1. The Labute approximate surface area is 279 Å². The Kier molecular flexibility index (Phi) is 13.2. The van der Waals surface area contributed by atoms with E-state index < -0.39 is 42.0 Å². The second-order valence-electron chi connectivity index (χ2n) is 14.1. The molecule has 0 aliphatic carbocycles. The second-order valence-corrected chi connectivity index (χ2v) is 14.1. The third-order valence-corrected chi connectivity index (χ3v) is 8.83. The molecule has 2 aromatic rings. The van der Waals surface area contributed by atoms with Gasteiger partial charge in [-0.05, 0) is 102 Å². The Hall–Kier alpha value is -3.28. The van der Waals surface area contributed by atoms with Crippen LogP contribution in [0.3, 0.4) is 0 Å². The van der Waals surface area contributed by atoms with E-state index in [0.717, 1.165) is 40.7 Å². The molecule has 47 heavy (non-hydrogen) atoms. The summed E-state index contributed by atoms with van der Waals surface area (Å²) in [6.45, 7) is 11.9. The van der Waals surface area contributed by atoms with Crippen LogP contribution in [0.15, 0.2) is 36.4 Å². The van der Waals surface area contributed by atoms with Gasteiger partial charge in [-0.2, -0.15) is 0 Å². The van der Waals surface area contributed by atoms with E-state index in [1.807, 2.05) is 64.1 Å². The van der Waals surface area contributed by atoms with Crippen molar-refractivity contribution in [2.75, 3.05) is 33.8 Å². The predicted octanol–water partition coefficient (Wildman–Crippen LogP) is 3.40. The first-order valence-corrected chi connectivity index (χ1v) is 16.5. The number of aliphatic hydroxyl groups is 3. The molecule has 0 spiro atoms. The van der Waals surface area contributed by atoms with Crippen LogP contribution in [0, 0.1) is 12.3 Å². The summed E-state index contributed by atoms with van der Waals surface area (Å²) in [4.78, 5) is 27.9. The number of ether oxygens (including phenoxy) is 1. The molecule has 2 aromatic carbocycles. The van der Waals surface area contributed by atoms with Gasteiger partial charge in [0.25, 0.3) is 0 Å². The molecule has 1 fully saturated rings. The Morgan fingerprint density at radius 2 is 1.74 bits per heavy atom. The molecule has 10 heteroatoms. The number of nitrogens with one attached hydrogen (secondary N) is 2. The quantitative estimate of drug-likeness (QED) is 0.182. The van der Waals surface area contributed by atoms with Gasteiger partial charge in [0.05, 0.1) is 24.2 Å². The SMILES string of the molecule is CCCc1cc(O)c(C2CC(O)C(O)C(CO)O2)cc1Cc1ccc(C=CC(C)(C)C(=O)NC(C)(C)C(=O)NCCN(C)C)cc1C. The number of phenolic OH excluding ortho intramolecular Hbond substituents is 1. The lowest BCUT2D eigenvalue weighted by atomic mass is 9.87. The van der Waals surface area contributed by atoms with Crippen molar-refractivity contribution in [3.63, 3.8) is 0 Å². The molecule has 4 atom stereocenters. The summed E-state index contributed by atoms with van der Waals surface area (Å²) in [7, 11) is 3.86. The highest BCUT2D eigenvalue weighted by atomic mass is 16.5. The molecule has 0 bridgehead atoms. The molecular formula is C37H55N3O7. The average Bonchev–Trinajstić information content (AvgIpc) is 2.99. The van der Waals surface area contributed by atoms with Crippen molar-refractivity contribution in [1.29, 1.82) is 0 Å². The number of rotatable bonds is 14. The van der Waals surface area contributed by atoms with Crippen LogP contribution in [0.2, 0.25) is 0 Å². The summed E-state index contributed by atoms with van der Waals surface area (Å²) >= 11 is 0. The number of hydrogen-bond acceptors (Lipinski definition) is 8. The van der Waals surface area contributed by atoms with Crippen LogP contribution >= 0.6 is 0 Å². The van der Waals surface area contributed by atoms with Crippen LogP contribution in [0.1, 0.15) is 86.9 Å². The fraction of sp³-hybridized carbons (Fsp3) is 0.568. The number of aryl methyl sites for hydroxylation is 2. The molecular weight excluding hydrogens is 598 g/mol. The van der Waals surface area contributed by atoms with Gasteiger partial charge in [0, 0.05) is 25.1 Å². The van der Waals surface area contributed by atoms with E-state index in [1.54, 1.807) is 19.9 Å². The van der Waals surface area contributed by atoms with Crippen LogP contribution in [0.5, 0.6) is 5.75 Å². The van der Waals surface area contributed by atoms with Gasteiger partial charge in [-0.3, -0.25) is 9.59 Å². The van der Waals surface area contributed by atoms with E-state index in [4.69, 9.17) is 4.74 Å². The van der Waals surface area contributed by atoms with Crippen molar-refractivity contribution >= 4 is 17.9 Å². The maximum Gasteiger partial charge on any atom is 0.245 e. The number of hydrogen-bond donors (Lipinski definition) is 6. The number of amides is 2. The average molecular weight is 654 g/mol. The normalized spacial score (nSPS) is 20.5. The molecule has 1 aliphatic rings. The lowest BCUT2D eigenvalue weighted by Gasteiger charge is -2.37. The fourth-order valence-electron chi connectivity index (χ4n) is 5.65. The largest absolute Gasteiger partial charge is 0.508 e. The number of aliphatic hydroxyl groups excluding tert-OH is 3. The van der Waals surface area contributed by atoms with Gasteiger partial charge in [0.15, 0.2) is 0 Å². The second kappa shape index (κ2) is 16.2. The van der Waals surface area contributed by atoms with E-state index in [-0.39, 0.29) is 24.0 Å². The summed E-state index contributed by atoms with van der Waals surface area (Å²) in [5.74, 6) is -0.422. The topological polar surface area (TPSA) is 152 Å². The van der Waals surface area contributed by atoms with Gasteiger partial charge in [-0.25, -0.2) is 0 Å². The zero-order valence-corrected chi connectivity index (χ0v) is 29.3. The van der Waals surface area contributed by atoms with Crippen molar-refractivity contribution in [3.8, 4) is 5.75 Å². The van der Waals surface area contributed by atoms with Crippen molar-refractivity contribution in [1.82, 2.24) is 15.5 Å². The minimum absolute atomic E-state index is 0.0691. The summed E-state index contributed by atoms with van der Waals surface area (Å²) in [5, 5.41) is 46.9. The molecule has 260 valence electrons. The summed E-state index contributed by atoms with van der Waals surface area (Å²) < 4.78 is 5.88. The smallest absolute Gasteiger partial charge is 0.245 e. The Balaban J connectivity index is 1.77. The summed E-state index contributed by atoms with van der Waals surface area (Å²) in [5.41, 5.74) is 3.74. The molecule has 1 saturated heterocycles. The van der Waals surface area contributed by atoms with Gasteiger partial charge < -0.3 is 40.7 Å². The first-order chi connectivity index (χ1) is 22.0. The van der Waals surface area contributed by atoms with Gasteiger partial charge in [-0.1, -0.05) is 43.7 Å². The highest BCUT2D eigenvalue weighted by Crippen LogP contribution is 2.38. The first-order valence-electron chi connectivity index (χ1n) is 16.5. The van der Waals surface area contributed by atoms with Crippen molar-refractivity contribution in [3.05, 3.63) is 69.8 Å². The number of carbonyl (C=O) groups excluding carboxylic acids is 2. The molecule has 1 aliphatic heterocycles. The van der Waals surface area contributed by atoms with Crippen LogP contribution < -0.4 is 10.6 Å². The van der Waals surface area contributed by atoms with E-state index in [0.29, 0.717) is 25.1 Å². The van der Waals surface area contributed by atoms with Gasteiger partial charge in [0.2, 0.25) is 11.8 Å². The standard InChI is InChI=1S/C37H55N3O7/c1-9-10-26-20-29(42)28(31-21-30(43)33(44)32(22-41)47-31)19-27(26)18-25-12-11-24(17-23(25)2)13-14-36(3,4)34(45)39-37(5,6)35(46)38-15-16-40(7)8/h11-14,17,19-20,30-33,41-44H,9-10,15-16,18,21-22H2,1-8H3,(H,38,46)(H,39,45). The zero-order chi connectivity index (χ0) is 35.1. The third kappa shape index (κ3) is 10.1. The van der Waals surface area contributed by atoms with E-state index in [9.17, 15) is 30.0 Å². The first kappa shape index (κ1) is 38.2. The number of carbonyl (C=O) groups is 2. The summed E-state index contributed by atoms with van der Waals surface area (Å²) in [6.07, 6.45) is 2.27. The van der Waals surface area contributed by atoms with Crippen molar-refractivity contribution in [2.45, 2.75) is 97.2 Å². The van der Waals surface area contributed by atoms with Crippen LogP contribution in [0.25, 0.3) is 6.08 Å². The molecule has 0 saturated carbocycles. The molecule has 4 unspecified atom stereocenters. The third-order valence-electron chi connectivity index (χ3n) is 8.83. The van der Waals surface area contributed by atoms with Crippen LogP contribution in [-0.2, 0) is 27.2 Å². The molecule has 2 amide bonds. The van der Waals surface area contributed by atoms with Crippen molar-refractivity contribution < 1.29 is 34.8 Å². The number of phenols is 1. The van der Waals surface area contributed by atoms with Crippen LogP contribution in [-0.4, -0.2) is 94.8 Å². The lowest BCUT2D eigenvalue weighted by molar-refractivity contribution is -0.181. The maximum absolute atomic E-state index is 13.2. The fourth-order valence-corrected chi connectivity index (χ4v) is 5.65.